The van der Waals surface area contributed by atoms with E-state index in [0.717, 1.165) is 31.1 Å². The molecule has 2 atom stereocenters. The molecule has 0 N–H and O–H groups in total. The molecule has 0 aromatic carbocycles. The van der Waals surface area contributed by atoms with E-state index >= 15 is 0 Å². The van der Waals surface area contributed by atoms with Crippen LogP contribution in [0.4, 0.5) is 0 Å². The lowest BCUT2D eigenvalue weighted by atomic mass is 10.2. The third-order valence-corrected chi connectivity index (χ3v) is 3.14. The van der Waals surface area contributed by atoms with Crippen molar-refractivity contribution in [1.29, 1.82) is 0 Å². The quantitative estimate of drug-likeness (QED) is 0.587. The lowest BCUT2D eigenvalue weighted by Gasteiger charge is -2.35. The molecule has 0 bridgehead atoms. The van der Waals surface area contributed by atoms with Gasteiger partial charge in [-0.3, -0.25) is 4.90 Å². The Balaban J connectivity index is 0.000000264. The molecule has 2 heteroatoms. The highest BCUT2D eigenvalue weighted by atomic mass is 16.5. The second-order valence-corrected chi connectivity index (χ2v) is 3.90. The van der Waals surface area contributed by atoms with Crippen LogP contribution in [0.15, 0.2) is 0 Å². The van der Waals surface area contributed by atoms with Crippen LogP contribution in [0.2, 0.25) is 0 Å². The number of fused-ring (bicyclic) bond motifs is 1. The lowest BCUT2D eigenvalue weighted by Crippen LogP contribution is -2.48. The fraction of sp³-hybridized carbons (Fsp3) is 1.00. The van der Waals surface area contributed by atoms with Crippen molar-refractivity contribution >= 4 is 0 Å². The van der Waals surface area contributed by atoms with Crippen molar-refractivity contribution in [1.82, 2.24) is 4.90 Å². The minimum absolute atomic E-state index is 0.799. The molecule has 3 aliphatic rings. The van der Waals surface area contributed by atoms with Crippen LogP contribution >= 0.6 is 0 Å². The van der Waals surface area contributed by atoms with Gasteiger partial charge in [0.15, 0.2) is 0 Å². The fourth-order valence-electron chi connectivity index (χ4n) is 2.17. The number of piperidine rings is 1. The molecule has 2 saturated heterocycles. The Hall–Kier alpha value is -0.0800. The zero-order valence-electron chi connectivity index (χ0n) is 8.12. The predicted octanol–water partition coefficient (Wildman–Crippen LogP) is 1.36. The van der Waals surface area contributed by atoms with Gasteiger partial charge in [0.05, 0.1) is 19.3 Å². The predicted molar refractivity (Wildman–Crippen MR) is 49.1 cm³/mol. The summed E-state index contributed by atoms with van der Waals surface area (Å²) in [5, 5.41) is 0. The monoisotopic (exact) mass is 169 g/mol. The van der Waals surface area contributed by atoms with Gasteiger partial charge in [0.2, 0.25) is 0 Å². The summed E-state index contributed by atoms with van der Waals surface area (Å²) >= 11 is 0. The molecular weight excluding hydrogens is 150 g/mol. The minimum Gasteiger partial charge on any atom is -0.378 e. The molecule has 0 spiro atoms. The Kier molecular flexibility index (Phi) is 2.37. The van der Waals surface area contributed by atoms with Crippen molar-refractivity contribution in [3.05, 3.63) is 0 Å². The van der Waals surface area contributed by atoms with E-state index in [9.17, 15) is 0 Å². The number of ether oxygens (including phenoxy) is 1. The van der Waals surface area contributed by atoms with Gasteiger partial charge in [-0.25, -0.2) is 0 Å². The highest BCUT2D eigenvalue weighted by Gasteiger charge is 2.47. The van der Waals surface area contributed by atoms with Gasteiger partial charge >= 0.3 is 0 Å². The minimum atomic E-state index is 0.799. The molecule has 0 unspecified atom stereocenters. The van der Waals surface area contributed by atoms with Crippen molar-refractivity contribution in [2.45, 2.75) is 26.3 Å². The highest BCUT2D eigenvalue weighted by Crippen LogP contribution is 2.45. The van der Waals surface area contributed by atoms with Gasteiger partial charge < -0.3 is 4.74 Å². The van der Waals surface area contributed by atoms with Crippen molar-refractivity contribution in [2.75, 3.05) is 26.3 Å². The van der Waals surface area contributed by atoms with Crippen LogP contribution in [0.5, 0.6) is 0 Å². The first-order valence-corrected chi connectivity index (χ1v) is 5.25. The number of hydrogen-bond acceptors (Lipinski definition) is 2. The summed E-state index contributed by atoms with van der Waals surface area (Å²) in [5.41, 5.74) is 0. The number of nitrogens with zero attached hydrogens (tertiary/aromatic N) is 1. The Morgan fingerprint density at radius 1 is 1.08 bits per heavy atom. The van der Waals surface area contributed by atoms with E-state index in [1.54, 1.807) is 0 Å². The largest absolute Gasteiger partial charge is 0.378 e. The highest BCUT2D eigenvalue weighted by molar-refractivity contribution is 4.99. The second kappa shape index (κ2) is 3.35. The van der Waals surface area contributed by atoms with Crippen LogP contribution in [0.1, 0.15) is 20.3 Å². The van der Waals surface area contributed by atoms with Gasteiger partial charge in [0, 0.05) is 13.1 Å². The van der Waals surface area contributed by atoms with Gasteiger partial charge in [0.25, 0.3) is 0 Å². The molecule has 0 amide bonds. The van der Waals surface area contributed by atoms with E-state index in [4.69, 9.17) is 4.74 Å². The molecule has 0 radical (unpaired) electrons. The number of hydrogen-bond donors (Lipinski definition) is 0. The molecule has 0 aromatic rings. The summed E-state index contributed by atoms with van der Waals surface area (Å²) in [5.74, 6) is 2.17. The van der Waals surface area contributed by atoms with Gasteiger partial charge in [-0.05, 0) is 18.3 Å². The molecule has 70 valence electrons. The molecule has 1 saturated carbocycles. The normalized spacial score (nSPS) is 39.5. The molecule has 2 aliphatic heterocycles. The maximum atomic E-state index is 5.16. The molecular formula is C10H19NO. The Morgan fingerprint density at radius 2 is 1.67 bits per heavy atom. The fourth-order valence-corrected chi connectivity index (χ4v) is 2.17. The van der Waals surface area contributed by atoms with Gasteiger partial charge in [-0.1, -0.05) is 13.8 Å². The average Bonchev–Trinajstić information content (AvgIpc) is 2.60. The van der Waals surface area contributed by atoms with E-state index in [2.05, 4.69) is 4.90 Å². The first-order valence-electron chi connectivity index (χ1n) is 5.25. The molecule has 3 rings (SSSR count). The van der Waals surface area contributed by atoms with Crippen LogP contribution in [0, 0.1) is 11.8 Å². The molecule has 3 fully saturated rings. The maximum Gasteiger partial charge on any atom is 0.0645 e. The molecule has 2 nitrogen and oxygen atoms in total. The molecule has 0 aromatic heterocycles. The smallest absolute Gasteiger partial charge is 0.0645 e. The van der Waals surface area contributed by atoms with Gasteiger partial charge in [-0.2, -0.15) is 0 Å². The Labute approximate surface area is 74.9 Å². The average molecular weight is 169 g/mol. The molecule has 2 heterocycles. The van der Waals surface area contributed by atoms with E-state index in [0.29, 0.717) is 0 Å². The van der Waals surface area contributed by atoms with Crippen LogP contribution in [0.3, 0.4) is 0 Å². The third kappa shape index (κ3) is 1.38. The van der Waals surface area contributed by atoms with Crippen molar-refractivity contribution in [3.63, 3.8) is 0 Å². The Morgan fingerprint density at radius 3 is 2.08 bits per heavy atom. The summed E-state index contributed by atoms with van der Waals surface area (Å²) < 4.78 is 5.16. The van der Waals surface area contributed by atoms with Gasteiger partial charge in [-0.15, -0.1) is 0 Å². The van der Waals surface area contributed by atoms with E-state index in [1.165, 1.54) is 19.5 Å². The van der Waals surface area contributed by atoms with Crippen LogP contribution in [0.25, 0.3) is 0 Å². The summed E-state index contributed by atoms with van der Waals surface area (Å²) in [6.07, 6.45) is 1.52. The van der Waals surface area contributed by atoms with E-state index in [-0.39, 0.29) is 0 Å². The zero-order valence-corrected chi connectivity index (χ0v) is 8.12. The van der Waals surface area contributed by atoms with Crippen molar-refractivity contribution in [2.24, 2.45) is 11.8 Å². The van der Waals surface area contributed by atoms with Crippen molar-refractivity contribution in [3.8, 4) is 0 Å². The first kappa shape index (κ1) is 8.52. The summed E-state index contributed by atoms with van der Waals surface area (Å²) in [6, 6.07) is 0.799. The maximum absolute atomic E-state index is 5.16. The lowest BCUT2D eigenvalue weighted by molar-refractivity contribution is -0.0605. The van der Waals surface area contributed by atoms with Crippen molar-refractivity contribution < 1.29 is 4.74 Å². The SMILES string of the molecule is C1OCC1N1C[C@H]2C[C@H]2C1.CC. The van der Waals surface area contributed by atoms with Crippen LogP contribution in [-0.4, -0.2) is 37.2 Å². The van der Waals surface area contributed by atoms with E-state index < -0.39 is 0 Å². The van der Waals surface area contributed by atoms with Gasteiger partial charge in [0.1, 0.15) is 0 Å². The summed E-state index contributed by atoms with van der Waals surface area (Å²) in [6.45, 7) is 8.75. The molecule has 12 heavy (non-hydrogen) atoms. The first-order chi connectivity index (χ1) is 5.93. The Bertz CT molecular complexity index is 146. The standard InChI is InChI=1S/C8H13NO.C2H6/c1-6-2-9(3-7(1)6)8-4-10-5-8;1-2/h6-8H,1-5H2;1-2H3/t6-,7+;. The topological polar surface area (TPSA) is 12.5 Å². The van der Waals surface area contributed by atoms with E-state index in [1.807, 2.05) is 13.8 Å². The number of likely N-dealkylation sites (tertiary alicyclic amines) is 1. The second-order valence-electron chi connectivity index (χ2n) is 3.90. The summed E-state index contributed by atoms with van der Waals surface area (Å²) in [4.78, 5) is 2.61. The molecule has 1 aliphatic carbocycles. The third-order valence-electron chi connectivity index (χ3n) is 3.14. The zero-order chi connectivity index (χ0) is 8.55. The van der Waals surface area contributed by atoms with Crippen LogP contribution < -0.4 is 0 Å². The number of rotatable bonds is 1. The summed E-state index contributed by atoms with van der Waals surface area (Å²) in [7, 11) is 0. The van der Waals surface area contributed by atoms with Crippen LogP contribution in [-0.2, 0) is 4.74 Å².